The number of nitrogens with one attached hydrogen (secondary N) is 1. The molecule has 3 aromatic rings. The quantitative estimate of drug-likeness (QED) is 0.290. The number of hydrogen-bond acceptors (Lipinski definition) is 8. The monoisotopic (exact) mass is 441 g/mol. The van der Waals surface area contributed by atoms with Crippen LogP contribution in [0.4, 0.5) is 5.69 Å². The van der Waals surface area contributed by atoms with E-state index >= 15 is 0 Å². The maximum Gasteiger partial charge on any atom is 0.224 e. The Labute approximate surface area is 184 Å². The van der Waals surface area contributed by atoms with Gasteiger partial charge in [-0.1, -0.05) is 23.9 Å². The first kappa shape index (κ1) is 22.3. The van der Waals surface area contributed by atoms with Gasteiger partial charge >= 0.3 is 0 Å². The van der Waals surface area contributed by atoms with Crippen LogP contribution in [0.25, 0.3) is 5.69 Å². The van der Waals surface area contributed by atoms with Crippen LogP contribution in [-0.4, -0.2) is 51.9 Å². The molecule has 0 spiro atoms. The Morgan fingerprint density at radius 3 is 2.68 bits per heavy atom. The Kier molecular flexibility index (Phi) is 7.60. The minimum atomic E-state index is -0.150. The molecule has 31 heavy (non-hydrogen) atoms. The highest BCUT2D eigenvalue weighted by Crippen LogP contribution is 2.30. The number of carbonyl (C=O) groups excluding carboxylic acids is 2. The van der Waals surface area contributed by atoms with Crippen molar-refractivity contribution in [1.82, 2.24) is 20.2 Å². The largest absolute Gasteiger partial charge is 0.497 e. The molecule has 0 fully saturated rings. The molecule has 0 aliphatic carbocycles. The zero-order valence-electron chi connectivity index (χ0n) is 17.5. The number of ketones is 1. The zero-order chi connectivity index (χ0) is 22.2. The predicted octanol–water partition coefficient (Wildman–Crippen LogP) is 3.39. The van der Waals surface area contributed by atoms with Gasteiger partial charge in [0.25, 0.3) is 0 Å². The van der Waals surface area contributed by atoms with E-state index in [1.165, 1.54) is 18.7 Å². The molecule has 9 nitrogen and oxygen atoms in total. The number of anilines is 1. The Bertz CT molecular complexity index is 1070. The number of Topliss-reactive ketones (excluding diaryl/α,β-unsaturated/α-hetero) is 1. The van der Waals surface area contributed by atoms with E-state index in [0.717, 1.165) is 0 Å². The van der Waals surface area contributed by atoms with Crippen molar-refractivity contribution in [3.8, 4) is 17.2 Å². The van der Waals surface area contributed by atoms with Crippen LogP contribution in [0.3, 0.4) is 0 Å². The van der Waals surface area contributed by atoms with Crippen LogP contribution < -0.4 is 14.8 Å². The molecule has 0 radical (unpaired) electrons. The van der Waals surface area contributed by atoms with Crippen LogP contribution in [0.15, 0.2) is 47.6 Å². The van der Waals surface area contributed by atoms with Crippen molar-refractivity contribution in [2.75, 3.05) is 25.3 Å². The van der Waals surface area contributed by atoms with Gasteiger partial charge in [0.2, 0.25) is 11.1 Å². The summed E-state index contributed by atoms with van der Waals surface area (Å²) in [6.45, 7) is 1.48. The number of hydrogen-bond donors (Lipinski definition) is 1. The van der Waals surface area contributed by atoms with Crippen LogP contribution in [0.2, 0.25) is 0 Å². The van der Waals surface area contributed by atoms with Gasteiger partial charge in [-0.15, -0.1) is 5.10 Å². The summed E-state index contributed by atoms with van der Waals surface area (Å²) in [5.74, 6) is 1.66. The number of aromatic nitrogens is 4. The molecular formula is C21H23N5O4S. The molecule has 2 aromatic carbocycles. The summed E-state index contributed by atoms with van der Waals surface area (Å²) < 4.78 is 12.3. The molecule has 0 aliphatic rings. The number of ether oxygens (including phenoxy) is 2. The van der Waals surface area contributed by atoms with Gasteiger partial charge in [-0.25, -0.2) is 0 Å². The summed E-state index contributed by atoms with van der Waals surface area (Å²) in [5, 5.41) is 15.3. The topological polar surface area (TPSA) is 108 Å². The van der Waals surface area contributed by atoms with Gasteiger partial charge in [0, 0.05) is 23.8 Å². The third-order valence-corrected chi connectivity index (χ3v) is 5.42. The van der Waals surface area contributed by atoms with Crippen LogP contribution in [0, 0.1) is 0 Å². The minimum absolute atomic E-state index is 0.0914. The molecule has 0 saturated carbocycles. The van der Waals surface area contributed by atoms with E-state index in [1.54, 1.807) is 61.4 Å². The number of rotatable bonds is 10. The van der Waals surface area contributed by atoms with Gasteiger partial charge in [0.15, 0.2) is 5.78 Å². The normalized spacial score (nSPS) is 10.5. The summed E-state index contributed by atoms with van der Waals surface area (Å²) in [7, 11) is 3.16. The second kappa shape index (κ2) is 10.6. The van der Waals surface area contributed by atoms with Crippen LogP contribution in [-0.2, 0) is 4.79 Å². The van der Waals surface area contributed by atoms with Crippen LogP contribution in [0.1, 0.15) is 30.1 Å². The molecule has 162 valence electrons. The van der Waals surface area contributed by atoms with E-state index in [1.807, 2.05) is 0 Å². The maximum absolute atomic E-state index is 12.3. The number of carbonyl (C=O) groups is 2. The molecule has 1 amide bonds. The predicted molar refractivity (Wildman–Crippen MR) is 117 cm³/mol. The van der Waals surface area contributed by atoms with E-state index in [-0.39, 0.29) is 11.7 Å². The first-order valence-electron chi connectivity index (χ1n) is 9.57. The van der Waals surface area contributed by atoms with Crippen molar-refractivity contribution in [2.45, 2.75) is 24.9 Å². The number of thioether (sulfide) groups is 1. The standard InChI is InChI=1S/C21H23N5O4S/c1-14(27)16-7-4-5-8-17(16)22-20(28)9-6-12-31-21-23-24-25-26(21)18-13-15(29-2)10-11-19(18)30-3/h4-5,7-8,10-11,13H,6,9,12H2,1-3H3,(H,22,28). The first-order chi connectivity index (χ1) is 15.0. The molecule has 1 N–H and O–H groups in total. The van der Waals surface area contributed by atoms with Crippen molar-refractivity contribution < 1.29 is 19.1 Å². The average molecular weight is 442 g/mol. The molecule has 0 unspecified atom stereocenters. The second-order valence-electron chi connectivity index (χ2n) is 6.51. The summed E-state index contributed by atoms with van der Waals surface area (Å²) >= 11 is 1.43. The lowest BCUT2D eigenvalue weighted by Crippen LogP contribution is -2.14. The van der Waals surface area contributed by atoms with Gasteiger partial charge in [-0.2, -0.15) is 4.68 Å². The molecule has 0 bridgehead atoms. The highest BCUT2D eigenvalue weighted by atomic mass is 32.2. The number of tetrazole rings is 1. The number of benzene rings is 2. The third kappa shape index (κ3) is 5.60. The van der Waals surface area contributed by atoms with Gasteiger partial charge < -0.3 is 14.8 Å². The average Bonchev–Trinajstić information content (AvgIpc) is 3.24. The van der Waals surface area contributed by atoms with E-state index in [9.17, 15) is 9.59 Å². The molecule has 0 aliphatic heterocycles. The number of amides is 1. The molecule has 1 heterocycles. The van der Waals surface area contributed by atoms with Crippen LogP contribution >= 0.6 is 11.8 Å². The lowest BCUT2D eigenvalue weighted by Gasteiger charge is -2.11. The second-order valence-corrected chi connectivity index (χ2v) is 7.58. The molecule has 3 rings (SSSR count). The van der Waals surface area contributed by atoms with Gasteiger partial charge in [0.05, 0.1) is 19.9 Å². The van der Waals surface area contributed by atoms with Crippen molar-refractivity contribution in [3.05, 3.63) is 48.0 Å². The Morgan fingerprint density at radius 2 is 1.94 bits per heavy atom. The minimum Gasteiger partial charge on any atom is -0.497 e. The molecular weight excluding hydrogens is 418 g/mol. The molecule has 10 heteroatoms. The Hall–Kier alpha value is -3.40. The van der Waals surface area contributed by atoms with Crippen molar-refractivity contribution in [3.63, 3.8) is 0 Å². The van der Waals surface area contributed by atoms with E-state index < -0.39 is 0 Å². The fraction of sp³-hybridized carbons (Fsp3) is 0.286. The lowest BCUT2D eigenvalue weighted by atomic mass is 10.1. The maximum atomic E-state index is 12.3. The zero-order valence-corrected chi connectivity index (χ0v) is 18.3. The molecule has 0 saturated heterocycles. The third-order valence-electron chi connectivity index (χ3n) is 4.41. The summed E-state index contributed by atoms with van der Waals surface area (Å²) in [4.78, 5) is 24.0. The summed E-state index contributed by atoms with van der Waals surface area (Å²) in [5.41, 5.74) is 1.69. The van der Waals surface area contributed by atoms with Crippen LogP contribution in [0.5, 0.6) is 11.5 Å². The number of nitrogens with zero attached hydrogens (tertiary/aromatic N) is 4. The fourth-order valence-corrected chi connectivity index (χ4v) is 3.71. The number of para-hydroxylation sites is 1. The SMILES string of the molecule is COc1ccc(OC)c(-n2nnnc2SCCCC(=O)Nc2ccccc2C(C)=O)c1. The van der Waals surface area contributed by atoms with Gasteiger partial charge in [0.1, 0.15) is 17.2 Å². The number of methoxy groups -OCH3 is 2. The summed E-state index contributed by atoms with van der Waals surface area (Å²) in [6.07, 6.45) is 0.921. The van der Waals surface area contributed by atoms with Crippen molar-refractivity contribution in [1.29, 1.82) is 0 Å². The van der Waals surface area contributed by atoms with Gasteiger partial charge in [-0.3, -0.25) is 9.59 Å². The van der Waals surface area contributed by atoms with Gasteiger partial charge in [-0.05, 0) is 48.0 Å². The lowest BCUT2D eigenvalue weighted by molar-refractivity contribution is -0.116. The van der Waals surface area contributed by atoms with E-state index in [0.29, 0.717) is 52.2 Å². The van der Waals surface area contributed by atoms with E-state index in [4.69, 9.17) is 9.47 Å². The fourth-order valence-electron chi connectivity index (χ4n) is 2.89. The smallest absolute Gasteiger partial charge is 0.224 e. The Morgan fingerprint density at radius 1 is 1.13 bits per heavy atom. The Balaban J connectivity index is 1.58. The highest BCUT2D eigenvalue weighted by molar-refractivity contribution is 7.99. The van der Waals surface area contributed by atoms with Crippen molar-refractivity contribution in [2.24, 2.45) is 0 Å². The van der Waals surface area contributed by atoms with Crippen molar-refractivity contribution >= 4 is 29.1 Å². The summed E-state index contributed by atoms with van der Waals surface area (Å²) in [6, 6.07) is 12.3. The first-order valence-corrected chi connectivity index (χ1v) is 10.6. The highest BCUT2D eigenvalue weighted by Gasteiger charge is 2.15. The van der Waals surface area contributed by atoms with E-state index in [2.05, 4.69) is 20.8 Å². The molecule has 0 atom stereocenters. The molecule has 1 aromatic heterocycles.